The van der Waals surface area contributed by atoms with E-state index >= 15 is 0 Å². The topological polar surface area (TPSA) is 78.4 Å². The quantitative estimate of drug-likeness (QED) is 0.548. The zero-order valence-electron chi connectivity index (χ0n) is 13.1. The van der Waals surface area contributed by atoms with Crippen LogP contribution in [-0.4, -0.2) is 46.6 Å². The standard InChI is InChI=1S/C16H16N2O4S2/c1-21-15(19)13(23-11-7-3-5-9-17-11)14(16(20)22-2)24-12-8-4-6-10-18-12/h3-10,13-14H,1-2H3/t13-,14-/m1/s1. The second kappa shape index (κ2) is 9.29. The Labute approximate surface area is 148 Å². The lowest BCUT2D eigenvalue weighted by Gasteiger charge is -2.21. The lowest BCUT2D eigenvalue weighted by molar-refractivity contribution is -0.146. The third kappa shape index (κ3) is 4.97. The van der Waals surface area contributed by atoms with Crippen molar-refractivity contribution in [3.05, 3.63) is 48.8 Å². The van der Waals surface area contributed by atoms with Gasteiger partial charge in [0.25, 0.3) is 0 Å². The highest BCUT2D eigenvalue weighted by Crippen LogP contribution is 2.34. The highest BCUT2D eigenvalue weighted by molar-refractivity contribution is 8.04. The molecule has 0 aliphatic rings. The fourth-order valence-corrected chi connectivity index (χ4v) is 4.06. The first-order valence-electron chi connectivity index (χ1n) is 6.96. The molecule has 0 bridgehead atoms. The molecule has 2 rings (SSSR count). The monoisotopic (exact) mass is 364 g/mol. The Hall–Kier alpha value is -2.06. The van der Waals surface area contributed by atoms with Crippen LogP contribution in [0, 0.1) is 0 Å². The van der Waals surface area contributed by atoms with Crippen LogP contribution in [0.2, 0.25) is 0 Å². The fraction of sp³-hybridized carbons (Fsp3) is 0.250. The molecule has 0 amide bonds. The van der Waals surface area contributed by atoms with Gasteiger partial charge in [0.05, 0.1) is 24.3 Å². The van der Waals surface area contributed by atoms with Crippen molar-refractivity contribution >= 4 is 35.5 Å². The number of thioether (sulfide) groups is 2. The molecule has 0 unspecified atom stereocenters. The molecular weight excluding hydrogens is 348 g/mol. The Morgan fingerprint density at radius 1 is 0.833 bits per heavy atom. The highest BCUT2D eigenvalue weighted by Gasteiger charge is 2.38. The summed E-state index contributed by atoms with van der Waals surface area (Å²) in [7, 11) is 2.57. The van der Waals surface area contributed by atoms with Crippen molar-refractivity contribution < 1.29 is 19.1 Å². The van der Waals surface area contributed by atoms with Gasteiger partial charge in [-0.25, -0.2) is 9.97 Å². The van der Waals surface area contributed by atoms with Crippen molar-refractivity contribution in [1.29, 1.82) is 0 Å². The number of rotatable bonds is 7. The molecule has 2 heterocycles. The molecule has 2 atom stereocenters. The van der Waals surface area contributed by atoms with E-state index in [1.54, 1.807) is 36.7 Å². The van der Waals surface area contributed by atoms with Crippen LogP contribution >= 0.6 is 23.5 Å². The third-order valence-corrected chi connectivity index (χ3v) is 5.49. The van der Waals surface area contributed by atoms with E-state index in [0.717, 1.165) is 23.5 Å². The average molecular weight is 364 g/mol. The van der Waals surface area contributed by atoms with Gasteiger partial charge in [-0.2, -0.15) is 0 Å². The van der Waals surface area contributed by atoms with Crippen molar-refractivity contribution in [3.63, 3.8) is 0 Å². The Kier molecular flexibility index (Phi) is 7.07. The van der Waals surface area contributed by atoms with E-state index in [0.29, 0.717) is 10.1 Å². The number of hydrogen-bond donors (Lipinski definition) is 0. The van der Waals surface area contributed by atoms with Crippen molar-refractivity contribution in [2.75, 3.05) is 14.2 Å². The average Bonchev–Trinajstić information content (AvgIpc) is 2.65. The van der Waals surface area contributed by atoms with E-state index in [2.05, 4.69) is 9.97 Å². The summed E-state index contributed by atoms with van der Waals surface area (Å²) in [6.45, 7) is 0. The molecule has 2 aromatic heterocycles. The Balaban J connectivity index is 2.29. The van der Waals surface area contributed by atoms with Gasteiger partial charge in [-0.3, -0.25) is 9.59 Å². The van der Waals surface area contributed by atoms with Crippen LogP contribution in [0.25, 0.3) is 0 Å². The van der Waals surface area contributed by atoms with Gasteiger partial charge in [-0.05, 0) is 24.3 Å². The van der Waals surface area contributed by atoms with E-state index in [-0.39, 0.29) is 0 Å². The van der Waals surface area contributed by atoms with Crippen molar-refractivity contribution in [2.24, 2.45) is 0 Å². The lowest BCUT2D eigenvalue weighted by atomic mass is 10.3. The molecule has 0 N–H and O–H groups in total. The summed E-state index contributed by atoms with van der Waals surface area (Å²) in [5.74, 6) is -1.05. The maximum Gasteiger partial charge on any atom is 0.320 e. The van der Waals surface area contributed by atoms with Crippen molar-refractivity contribution in [2.45, 2.75) is 20.6 Å². The van der Waals surface area contributed by atoms with Gasteiger partial charge in [0.1, 0.15) is 10.5 Å². The van der Waals surface area contributed by atoms with Crippen LogP contribution in [0.1, 0.15) is 0 Å². The summed E-state index contributed by atoms with van der Waals surface area (Å²) in [6.07, 6.45) is 3.24. The van der Waals surface area contributed by atoms with Crippen molar-refractivity contribution in [1.82, 2.24) is 9.97 Å². The van der Waals surface area contributed by atoms with Crippen LogP contribution in [0.3, 0.4) is 0 Å². The summed E-state index contributed by atoms with van der Waals surface area (Å²) in [5, 5.41) is -0.402. The minimum Gasteiger partial charge on any atom is -0.468 e. The van der Waals surface area contributed by atoms with Gasteiger partial charge < -0.3 is 9.47 Å². The summed E-state index contributed by atoms with van der Waals surface area (Å²) in [4.78, 5) is 32.9. The van der Waals surface area contributed by atoms with Gasteiger partial charge in [0, 0.05) is 12.4 Å². The third-order valence-electron chi connectivity index (χ3n) is 2.91. The molecule has 24 heavy (non-hydrogen) atoms. The zero-order chi connectivity index (χ0) is 17.4. The molecule has 0 aliphatic carbocycles. The zero-order valence-corrected chi connectivity index (χ0v) is 14.8. The van der Waals surface area contributed by atoms with Gasteiger partial charge in [-0.15, -0.1) is 0 Å². The number of esters is 2. The summed E-state index contributed by atoms with van der Waals surface area (Å²) >= 11 is 2.31. The van der Waals surface area contributed by atoms with E-state index in [4.69, 9.17) is 9.47 Å². The largest absolute Gasteiger partial charge is 0.468 e. The fourth-order valence-electron chi connectivity index (χ4n) is 1.79. The molecule has 126 valence electrons. The van der Waals surface area contributed by atoms with E-state index in [1.807, 2.05) is 12.1 Å². The second-order valence-electron chi connectivity index (χ2n) is 4.46. The second-order valence-corrected chi connectivity index (χ2v) is 6.78. The van der Waals surface area contributed by atoms with E-state index in [1.165, 1.54) is 14.2 Å². The molecule has 0 saturated carbocycles. The molecule has 2 aromatic rings. The molecule has 0 aliphatic heterocycles. The Morgan fingerprint density at radius 2 is 1.25 bits per heavy atom. The predicted molar refractivity (Wildman–Crippen MR) is 91.8 cm³/mol. The summed E-state index contributed by atoms with van der Waals surface area (Å²) < 4.78 is 9.74. The first-order chi connectivity index (χ1) is 11.7. The molecule has 0 radical (unpaired) electrons. The van der Waals surface area contributed by atoms with Gasteiger partial charge in [-0.1, -0.05) is 35.7 Å². The molecule has 8 heteroatoms. The van der Waals surface area contributed by atoms with Crippen LogP contribution in [0.5, 0.6) is 0 Å². The van der Waals surface area contributed by atoms with Gasteiger partial charge in [0.15, 0.2) is 0 Å². The minimum absolute atomic E-state index is 0.524. The SMILES string of the molecule is COC(=O)[C@H](Sc1ccccn1)[C@@H](Sc1ccccn1)C(=O)OC. The number of carbonyl (C=O) groups excluding carboxylic acids is 2. The highest BCUT2D eigenvalue weighted by atomic mass is 32.2. The molecule has 0 saturated heterocycles. The van der Waals surface area contributed by atoms with Crippen LogP contribution in [0.4, 0.5) is 0 Å². The number of carbonyl (C=O) groups is 2. The number of hydrogen-bond acceptors (Lipinski definition) is 8. The van der Waals surface area contributed by atoms with Crippen LogP contribution in [0.15, 0.2) is 58.8 Å². The Bertz CT molecular complexity index is 611. The van der Waals surface area contributed by atoms with Crippen LogP contribution in [-0.2, 0) is 19.1 Å². The Morgan fingerprint density at radius 3 is 1.54 bits per heavy atom. The van der Waals surface area contributed by atoms with E-state index < -0.39 is 22.4 Å². The normalized spacial score (nSPS) is 12.9. The molecular formula is C16H16N2O4S2. The van der Waals surface area contributed by atoms with Crippen LogP contribution < -0.4 is 0 Å². The van der Waals surface area contributed by atoms with Gasteiger partial charge in [0.2, 0.25) is 0 Å². The minimum atomic E-state index is -0.815. The number of nitrogens with zero attached hydrogens (tertiary/aromatic N) is 2. The maximum absolute atomic E-state index is 12.3. The number of aromatic nitrogens is 2. The van der Waals surface area contributed by atoms with E-state index in [9.17, 15) is 9.59 Å². The number of pyridine rings is 2. The first kappa shape index (κ1) is 18.3. The maximum atomic E-state index is 12.3. The number of ether oxygens (including phenoxy) is 2. The lowest BCUT2D eigenvalue weighted by Crippen LogP contribution is -2.37. The molecule has 0 spiro atoms. The molecule has 6 nitrogen and oxygen atoms in total. The predicted octanol–water partition coefficient (Wildman–Crippen LogP) is 2.44. The smallest absolute Gasteiger partial charge is 0.320 e. The molecule has 0 fully saturated rings. The molecule has 0 aromatic carbocycles. The summed E-state index contributed by atoms with van der Waals surface area (Å²) in [6, 6.07) is 10.7. The summed E-state index contributed by atoms with van der Waals surface area (Å²) in [5.41, 5.74) is 0. The number of methoxy groups -OCH3 is 2. The van der Waals surface area contributed by atoms with Gasteiger partial charge >= 0.3 is 11.9 Å². The van der Waals surface area contributed by atoms with Crippen molar-refractivity contribution in [3.8, 4) is 0 Å². The first-order valence-corrected chi connectivity index (χ1v) is 8.72.